The number of nitrogens with one attached hydrogen (secondary N) is 1. The third-order valence-corrected chi connectivity index (χ3v) is 2.64. The smallest absolute Gasteiger partial charge is 0.320 e. The zero-order valence-corrected chi connectivity index (χ0v) is 9.73. The van der Waals surface area contributed by atoms with Crippen LogP contribution in [0.3, 0.4) is 0 Å². The number of rotatable bonds is 4. The fourth-order valence-corrected chi connectivity index (χ4v) is 1.85. The fourth-order valence-electron chi connectivity index (χ4n) is 1.56. The van der Waals surface area contributed by atoms with Gasteiger partial charge in [0.15, 0.2) is 0 Å². The average molecular weight is 256 g/mol. The predicted molar refractivity (Wildman–Crippen MR) is 55.6 cm³/mol. The summed E-state index contributed by atoms with van der Waals surface area (Å²) in [6.07, 6.45) is -3.14. The Morgan fingerprint density at radius 3 is 2.56 bits per heavy atom. The Bertz CT molecular complexity index is 329. The molecule has 1 aromatic heterocycles. The van der Waals surface area contributed by atoms with Gasteiger partial charge in [-0.1, -0.05) is 11.6 Å². The first-order chi connectivity index (χ1) is 7.38. The van der Waals surface area contributed by atoms with Crippen LogP contribution >= 0.6 is 11.6 Å². The molecule has 0 aliphatic carbocycles. The van der Waals surface area contributed by atoms with Gasteiger partial charge < -0.3 is 5.32 Å². The quantitative estimate of drug-likeness (QED) is 0.895. The molecule has 1 rings (SSSR count). The van der Waals surface area contributed by atoms with Crippen LogP contribution in [0.2, 0.25) is 5.02 Å². The van der Waals surface area contributed by atoms with Crippen molar-refractivity contribution in [2.24, 2.45) is 7.05 Å². The Morgan fingerprint density at radius 2 is 2.19 bits per heavy atom. The Kier molecular flexibility index (Phi) is 4.21. The lowest BCUT2D eigenvalue weighted by Gasteiger charge is -2.20. The number of nitrogens with zero attached hydrogens (tertiary/aromatic N) is 2. The molecule has 0 spiro atoms. The molecule has 1 heterocycles. The number of aromatic nitrogens is 2. The highest BCUT2D eigenvalue weighted by molar-refractivity contribution is 6.31. The van der Waals surface area contributed by atoms with Gasteiger partial charge in [0.2, 0.25) is 0 Å². The van der Waals surface area contributed by atoms with Gasteiger partial charge in [0, 0.05) is 7.05 Å². The lowest BCUT2D eigenvalue weighted by molar-refractivity contribution is -0.153. The minimum absolute atomic E-state index is 0.0180. The number of hydrogen-bond acceptors (Lipinski definition) is 2. The monoisotopic (exact) mass is 255 g/mol. The van der Waals surface area contributed by atoms with Crippen molar-refractivity contribution in [3.8, 4) is 0 Å². The standard InChI is InChI=1S/C9H13ClF3N3/c1-14-4-3-6(9(11,12)13)8-7(10)5-15-16(8)2/h5-6,14H,3-4H2,1-2H3. The summed E-state index contributed by atoms with van der Waals surface area (Å²) in [5.41, 5.74) is 0.0180. The molecule has 16 heavy (non-hydrogen) atoms. The summed E-state index contributed by atoms with van der Waals surface area (Å²) in [5.74, 6) is -1.58. The third kappa shape index (κ3) is 2.89. The normalized spacial score (nSPS) is 14.1. The highest BCUT2D eigenvalue weighted by Gasteiger charge is 2.42. The number of alkyl halides is 3. The lowest BCUT2D eigenvalue weighted by atomic mass is 10.0. The van der Waals surface area contributed by atoms with E-state index < -0.39 is 12.1 Å². The first-order valence-corrected chi connectivity index (χ1v) is 5.14. The minimum Gasteiger partial charge on any atom is -0.320 e. The van der Waals surface area contributed by atoms with Crippen molar-refractivity contribution >= 4 is 11.6 Å². The van der Waals surface area contributed by atoms with E-state index in [1.807, 2.05) is 0 Å². The van der Waals surface area contributed by atoms with Gasteiger partial charge in [0.1, 0.15) is 0 Å². The molecule has 1 atom stereocenters. The number of aryl methyl sites for hydroxylation is 1. The second kappa shape index (κ2) is 5.05. The molecule has 0 amide bonds. The van der Waals surface area contributed by atoms with Gasteiger partial charge in [0.25, 0.3) is 0 Å². The molecule has 7 heteroatoms. The van der Waals surface area contributed by atoms with Crippen molar-refractivity contribution in [1.29, 1.82) is 0 Å². The molecule has 1 unspecified atom stereocenters. The summed E-state index contributed by atoms with van der Waals surface area (Å²) in [6.45, 7) is 0.270. The van der Waals surface area contributed by atoms with E-state index in [1.165, 1.54) is 17.9 Å². The van der Waals surface area contributed by atoms with Crippen molar-refractivity contribution < 1.29 is 13.2 Å². The lowest BCUT2D eigenvalue weighted by Crippen LogP contribution is -2.26. The van der Waals surface area contributed by atoms with Crippen LogP contribution in [-0.2, 0) is 7.05 Å². The summed E-state index contributed by atoms with van der Waals surface area (Å²) in [6, 6.07) is 0. The summed E-state index contributed by atoms with van der Waals surface area (Å²) < 4.78 is 39.7. The van der Waals surface area contributed by atoms with E-state index in [4.69, 9.17) is 11.6 Å². The van der Waals surface area contributed by atoms with Gasteiger partial charge >= 0.3 is 6.18 Å². The molecule has 0 saturated carbocycles. The van der Waals surface area contributed by atoms with E-state index >= 15 is 0 Å². The molecule has 3 nitrogen and oxygen atoms in total. The molecule has 0 aromatic carbocycles. The van der Waals surface area contributed by atoms with Crippen LogP contribution in [-0.4, -0.2) is 29.5 Å². The van der Waals surface area contributed by atoms with Crippen LogP contribution in [0.1, 0.15) is 18.0 Å². The fraction of sp³-hybridized carbons (Fsp3) is 0.667. The maximum absolute atomic E-state index is 12.8. The number of halogens is 4. The van der Waals surface area contributed by atoms with Crippen LogP contribution in [0.25, 0.3) is 0 Å². The molecule has 0 radical (unpaired) electrons. The van der Waals surface area contributed by atoms with Crippen LogP contribution < -0.4 is 5.32 Å². The van der Waals surface area contributed by atoms with E-state index in [1.54, 1.807) is 7.05 Å². The van der Waals surface area contributed by atoms with E-state index in [0.29, 0.717) is 0 Å². The van der Waals surface area contributed by atoms with Crippen molar-refractivity contribution in [3.05, 3.63) is 16.9 Å². The minimum atomic E-state index is -4.31. The largest absolute Gasteiger partial charge is 0.397 e. The highest BCUT2D eigenvalue weighted by Crippen LogP contribution is 2.39. The number of hydrogen-bond donors (Lipinski definition) is 1. The van der Waals surface area contributed by atoms with Crippen LogP contribution in [0.5, 0.6) is 0 Å². The third-order valence-electron chi connectivity index (χ3n) is 2.35. The van der Waals surface area contributed by atoms with Crippen molar-refractivity contribution in [1.82, 2.24) is 15.1 Å². The molecular weight excluding hydrogens is 243 g/mol. The van der Waals surface area contributed by atoms with Gasteiger partial charge in [-0.3, -0.25) is 4.68 Å². The first-order valence-electron chi connectivity index (χ1n) is 4.76. The van der Waals surface area contributed by atoms with Crippen LogP contribution in [0.4, 0.5) is 13.2 Å². The Morgan fingerprint density at radius 1 is 1.56 bits per heavy atom. The molecule has 0 aliphatic rings. The summed E-state index contributed by atoms with van der Waals surface area (Å²) >= 11 is 5.72. The van der Waals surface area contributed by atoms with Gasteiger partial charge in [-0.05, 0) is 20.0 Å². The van der Waals surface area contributed by atoms with Crippen molar-refractivity contribution in [2.45, 2.75) is 18.5 Å². The molecule has 0 bridgehead atoms. The summed E-state index contributed by atoms with van der Waals surface area (Å²) in [5, 5.41) is 6.48. The summed E-state index contributed by atoms with van der Waals surface area (Å²) in [4.78, 5) is 0. The van der Waals surface area contributed by atoms with E-state index in [2.05, 4.69) is 10.4 Å². The first kappa shape index (κ1) is 13.3. The molecular formula is C9H13ClF3N3. The Labute approximate surface area is 96.6 Å². The van der Waals surface area contributed by atoms with Crippen LogP contribution in [0.15, 0.2) is 6.20 Å². The Hall–Kier alpha value is -0.750. The van der Waals surface area contributed by atoms with E-state index in [9.17, 15) is 13.2 Å². The van der Waals surface area contributed by atoms with Gasteiger partial charge in [0.05, 0.1) is 22.8 Å². The molecule has 0 aliphatic heterocycles. The van der Waals surface area contributed by atoms with Crippen molar-refractivity contribution in [3.63, 3.8) is 0 Å². The van der Waals surface area contributed by atoms with Crippen LogP contribution in [0, 0.1) is 0 Å². The average Bonchev–Trinajstić information content (AvgIpc) is 2.47. The molecule has 0 fully saturated rings. The summed E-state index contributed by atoms with van der Waals surface area (Å²) in [7, 11) is 3.07. The van der Waals surface area contributed by atoms with E-state index in [-0.39, 0.29) is 23.7 Å². The van der Waals surface area contributed by atoms with Gasteiger partial charge in [-0.2, -0.15) is 18.3 Å². The SMILES string of the molecule is CNCCC(c1c(Cl)cnn1C)C(F)(F)F. The van der Waals surface area contributed by atoms with E-state index in [0.717, 1.165) is 0 Å². The molecule has 92 valence electrons. The maximum Gasteiger partial charge on any atom is 0.397 e. The highest BCUT2D eigenvalue weighted by atomic mass is 35.5. The topological polar surface area (TPSA) is 29.9 Å². The molecule has 1 aromatic rings. The maximum atomic E-state index is 12.8. The van der Waals surface area contributed by atoms with Gasteiger partial charge in [-0.15, -0.1) is 0 Å². The molecule has 1 N–H and O–H groups in total. The second-order valence-corrected chi connectivity index (χ2v) is 3.89. The zero-order chi connectivity index (χ0) is 12.3. The molecule has 0 saturated heterocycles. The zero-order valence-electron chi connectivity index (χ0n) is 8.98. The Balaban J connectivity index is 3.01. The second-order valence-electron chi connectivity index (χ2n) is 3.49. The van der Waals surface area contributed by atoms with Crippen molar-refractivity contribution in [2.75, 3.05) is 13.6 Å². The predicted octanol–water partition coefficient (Wildman–Crippen LogP) is 2.33. The van der Waals surface area contributed by atoms with Gasteiger partial charge in [-0.25, -0.2) is 0 Å².